The molecule has 0 unspecified atom stereocenters. The van der Waals surface area contributed by atoms with Crippen LogP contribution in [0.2, 0.25) is 0 Å². The van der Waals surface area contributed by atoms with Gasteiger partial charge in [0.1, 0.15) is 11.6 Å². The average Bonchev–Trinajstić information content (AvgIpc) is 2.47. The highest BCUT2D eigenvalue weighted by Gasteiger charge is 2.07. The topological polar surface area (TPSA) is 62.7 Å². The summed E-state index contributed by atoms with van der Waals surface area (Å²) in [5.74, 6) is 0.558. The minimum Gasteiger partial charge on any atom is -0.497 e. The second-order valence-corrected chi connectivity index (χ2v) is 4.42. The number of nitrogens with zero attached hydrogens (tertiary/aromatic N) is 2. The third kappa shape index (κ3) is 3.26. The minimum atomic E-state index is -0.973. The number of carbonyl (C=O) groups is 1. The van der Waals surface area contributed by atoms with Crippen LogP contribution in [0, 0.1) is 0 Å². The monoisotopic (exact) mass is 272 g/mol. The zero-order chi connectivity index (χ0) is 14.5. The van der Waals surface area contributed by atoms with Gasteiger partial charge >= 0.3 is 5.97 Å². The molecule has 20 heavy (non-hydrogen) atoms. The molecule has 5 heteroatoms. The predicted octanol–water partition coefficient (Wildman–Crippen LogP) is 2.42. The minimum absolute atomic E-state index is 0.184. The van der Waals surface area contributed by atoms with Crippen LogP contribution in [0.5, 0.6) is 5.75 Å². The van der Waals surface area contributed by atoms with Crippen LogP contribution in [0.1, 0.15) is 15.9 Å². The van der Waals surface area contributed by atoms with Crippen LogP contribution in [0.15, 0.2) is 42.6 Å². The maximum Gasteiger partial charge on any atom is 0.337 e. The largest absolute Gasteiger partial charge is 0.497 e. The predicted molar refractivity (Wildman–Crippen MR) is 76.3 cm³/mol. The van der Waals surface area contributed by atoms with E-state index in [1.165, 1.54) is 6.20 Å². The van der Waals surface area contributed by atoms with Crippen molar-refractivity contribution in [2.45, 2.75) is 6.54 Å². The van der Waals surface area contributed by atoms with Crippen molar-refractivity contribution in [1.29, 1.82) is 0 Å². The van der Waals surface area contributed by atoms with Crippen molar-refractivity contribution in [2.75, 3.05) is 19.1 Å². The summed E-state index contributed by atoms with van der Waals surface area (Å²) in [7, 11) is 3.54. The summed E-state index contributed by atoms with van der Waals surface area (Å²) in [6.07, 6.45) is 1.36. The quantitative estimate of drug-likeness (QED) is 0.905. The average molecular weight is 272 g/mol. The molecule has 0 amide bonds. The number of anilines is 1. The molecule has 1 heterocycles. The molecule has 1 N–H and O–H groups in total. The Labute approximate surface area is 117 Å². The molecule has 104 valence electrons. The highest BCUT2D eigenvalue weighted by Crippen LogP contribution is 2.17. The molecule has 1 aromatic carbocycles. The number of rotatable bonds is 5. The van der Waals surface area contributed by atoms with Crippen LogP contribution in [0.25, 0.3) is 0 Å². The SMILES string of the molecule is COc1cccc(CN(C)c2ccc(C(=O)O)cn2)c1. The Balaban J connectivity index is 2.10. The fraction of sp³-hybridized carbons (Fsp3) is 0.200. The fourth-order valence-electron chi connectivity index (χ4n) is 1.86. The Morgan fingerprint density at radius 3 is 2.75 bits per heavy atom. The van der Waals surface area contributed by atoms with Crippen molar-refractivity contribution in [3.63, 3.8) is 0 Å². The molecule has 0 aliphatic carbocycles. The lowest BCUT2D eigenvalue weighted by atomic mass is 10.2. The van der Waals surface area contributed by atoms with Gasteiger partial charge in [-0.3, -0.25) is 0 Å². The maximum absolute atomic E-state index is 10.8. The van der Waals surface area contributed by atoms with E-state index in [-0.39, 0.29) is 5.56 Å². The van der Waals surface area contributed by atoms with Gasteiger partial charge in [-0.1, -0.05) is 12.1 Å². The van der Waals surface area contributed by atoms with E-state index < -0.39 is 5.97 Å². The van der Waals surface area contributed by atoms with E-state index >= 15 is 0 Å². The highest BCUT2D eigenvalue weighted by atomic mass is 16.5. The van der Waals surface area contributed by atoms with E-state index in [0.717, 1.165) is 17.1 Å². The molecule has 0 saturated carbocycles. The second kappa shape index (κ2) is 6.06. The summed E-state index contributed by atoms with van der Waals surface area (Å²) in [6.45, 7) is 0.663. The van der Waals surface area contributed by atoms with Crippen LogP contribution in [0.4, 0.5) is 5.82 Å². The summed E-state index contributed by atoms with van der Waals surface area (Å²) in [6, 6.07) is 11.0. The van der Waals surface area contributed by atoms with Crippen molar-refractivity contribution < 1.29 is 14.6 Å². The Bertz CT molecular complexity index is 596. The van der Waals surface area contributed by atoms with E-state index in [2.05, 4.69) is 4.98 Å². The first-order valence-electron chi connectivity index (χ1n) is 6.13. The molecule has 0 aliphatic rings. The summed E-state index contributed by atoms with van der Waals surface area (Å²) >= 11 is 0. The van der Waals surface area contributed by atoms with Gasteiger partial charge in [-0.2, -0.15) is 0 Å². The number of pyridine rings is 1. The number of carboxylic acid groups (broad SMARTS) is 1. The van der Waals surface area contributed by atoms with Crippen LogP contribution >= 0.6 is 0 Å². The lowest BCUT2D eigenvalue weighted by Crippen LogP contribution is -2.17. The molecular formula is C15H16N2O3. The molecule has 0 bridgehead atoms. The first kappa shape index (κ1) is 13.9. The van der Waals surface area contributed by atoms with Gasteiger partial charge in [0, 0.05) is 19.8 Å². The van der Waals surface area contributed by atoms with E-state index in [1.807, 2.05) is 36.2 Å². The molecule has 0 saturated heterocycles. The number of hydrogen-bond donors (Lipinski definition) is 1. The van der Waals surface area contributed by atoms with Gasteiger partial charge in [-0.05, 0) is 29.8 Å². The van der Waals surface area contributed by atoms with Gasteiger partial charge in [0.25, 0.3) is 0 Å². The van der Waals surface area contributed by atoms with E-state index in [4.69, 9.17) is 9.84 Å². The third-order valence-electron chi connectivity index (χ3n) is 2.94. The Morgan fingerprint density at radius 2 is 2.15 bits per heavy atom. The van der Waals surface area contributed by atoms with Gasteiger partial charge in [0.15, 0.2) is 0 Å². The maximum atomic E-state index is 10.8. The smallest absolute Gasteiger partial charge is 0.337 e. The van der Waals surface area contributed by atoms with Crippen molar-refractivity contribution >= 4 is 11.8 Å². The zero-order valence-corrected chi connectivity index (χ0v) is 11.4. The van der Waals surface area contributed by atoms with Crippen molar-refractivity contribution in [3.05, 3.63) is 53.7 Å². The normalized spacial score (nSPS) is 10.1. The molecule has 0 atom stereocenters. The summed E-state index contributed by atoms with van der Waals surface area (Å²) in [5, 5.41) is 8.84. The molecule has 0 aliphatic heterocycles. The van der Waals surface area contributed by atoms with Crippen molar-refractivity contribution in [2.24, 2.45) is 0 Å². The number of hydrogen-bond acceptors (Lipinski definition) is 4. The van der Waals surface area contributed by atoms with E-state index in [0.29, 0.717) is 6.54 Å². The summed E-state index contributed by atoms with van der Waals surface area (Å²) < 4.78 is 5.18. The number of methoxy groups -OCH3 is 1. The second-order valence-electron chi connectivity index (χ2n) is 4.42. The first-order chi connectivity index (χ1) is 9.60. The van der Waals surface area contributed by atoms with Crippen LogP contribution in [-0.4, -0.2) is 30.2 Å². The van der Waals surface area contributed by atoms with E-state index in [9.17, 15) is 4.79 Å². The van der Waals surface area contributed by atoms with Crippen molar-refractivity contribution in [3.8, 4) is 5.75 Å². The molecule has 2 aromatic rings. The van der Waals surface area contributed by atoms with Gasteiger partial charge in [-0.15, -0.1) is 0 Å². The first-order valence-corrected chi connectivity index (χ1v) is 6.13. The molecule has 2 rings (SSSR count). The van der Waals surface area contributed by atoms with Crippen LogP contribution in [-0.2, 0) is 6.54 Å². The summed E-state index contributed by atoms with van der Waals surface area (Å²) in [4.78, 5) is 16.9. The van der Waals surface area contributed by atoms with Gasteiger partial charge in [0.05, 0.1) is 12.7 Å². The lowest BCUT2D eigenvalue weighted by molar-refractivity contribution is 0.0696. The Morgan fingerprint density at radius 1 is 1.35 bits per heavy atom. The number of aromatic carboxylic acids is 1. The van der Waals surface area contributed by atoms with Gasteiger partial charge in [0.2, 0.25) is 0 Å². The highest BCUT2D eigenvalue weighted by molar-refractivity contribution is 5.87. The number of ether oxygens (including phenoxy) is 1. The molecular weight excluding hydrogens is 256 g/mol. The number of benzene rings is 1. The van der Waals surface area contributed by atoms with Gasteiger partial charge in [-0.25, -0.2) is 9.78 Å². The Kier molecular flexibility index (Phi) is 4.20. The molecule has 5 nitrogen and oxygen atoms in total. The molecule has 0 fully saturated rings. The van der Waals surface area contributed by atoms with E-state index in [1.54, 1.807) is 19.2 Å². The van der Waals surface area contributed by atoms with Crippen LogP contribution in [0.3, 0.4) is 0 Å². The zero-order valence-electron chi connectivity index (χ0n) is 11.4. The van der Waals surface area contributed by atoms with Crippen molar-refractivity contribution in [1.82, 2.24) is 4.98 Å². The third-order valence-corrected chi connectivity index (χ3v) is 2.94. The standard InChI is InChI=1S/C15H16N2O3/c1-17(10-11-4-3-5-13(8-11)20-2)14-7-6-12(9-16-14)15(18)19/h3-9H,10H2,1-2H3,(H,18,19). The fourth-order valence-corrected chi connectivity index (χ4v) is 1.86. The molecule has 0 radical (unpaired) electrons. The van der Waals surface area contributed by atoms with Crippen LogP contribution < -0.4 is 9.64 Å². The number of aromatic nitrogens is 1. The number of carboxylic acids is 1. The lowest BCUT2D eigenvalue weighted by Gasteiger charge is -2.18. The van der Waals surface area contributed by atoms with Gasteiger partial charge < -0.3 is 14.7 Å². The summed E-state index contributed by atoms with van der Waals surface area (Å²) in [5.41, 5.74) is 1.28. The molecule has 1 aromatic heterocycles. The molecule has 0 spiro atoms. The Hall–Kier alpha value is -2.56.